The Morgan fingerprint density at radius 3 is 2.89 bits per heavy atom. The van der Waals surface area contributed by atoms with Gasteiger partial charge in [-0.25, -0.2) is 4.79 Å². The molecule has 1 rings (SSSR count). The van der Waals surface area contributed by atoms with Gasteiger partial charge in [-0.1, -0.05) is 13.0 Å². The van der Waals surface area contributed by atoms with Crippen LogP contribution in [0.2, 0.25) is 0 Å². The quantitative estimate of drug-likeness (QED) is 0.590. The maximum Gasteiger partial charge on any atom is 0.333 e. The predicted octanol–water partition coefficient (Wildman–Crippen LogP) is 2.45. The van der Waals surface area contributed by atoms with Crippen molar-refractivity contribution in [1.29, 1.82) is 5.26 Å². The smallest absolute Gasteiger partial charge is 0.333 e. The molecule has 0 heterocycles. The number of rotatable bonds is 5. The molecule has 18 heavy (non-hydrogen) atoms. The minimum Gasteiger partial charge on any atom is -0.489 e. The van der Waals surface area contributed by atoms with Crippen molar-refractivity contribution < 1.29 is 14.3 Å². The Bertz CT molecular complexity index is 486. The lowest BCUT2D eigenvalue weighted by Crippen LogP contribution is -2.06. The third-order valence-electron chi connectivity index (χ3n) is 2.37. The molecule has 4 nitrogen and oxygen atoms in total. The topological polar surface area (TPSA) is 59.3 Å². The van der Waals surface area contributed by atoms with Gasteiger partial charge in [-0.3, -0.25) is 0 Å². The summed E-state index contributed by atoms with van der Waals surface area (Å²) >= 11 is 0. The van der Waals surface area contributed by atoms with Gasteiger partial charge in [0, 0.05) is 5.57 Å². The molecule has 1 aromatic rings. The molecule has 0 unspecified atom stereocenters. The van der Waals surface area contributed by atoms with Gasteiger partial charge in [-0.05, 0) is 30.7 Å². The summed E-state index contributed by atoms with van der Waals surface area (Å²) in [6.45, 7) is 2.15. The molecule has 0 atom stereocenters. The number of carbonyl (C=O) groups excluding carboxylic acids is 1. The monoisotopic (exact) mass is 245 g/mol. The van der Waals surface area contributed by atoms with Crippen LogP contribution < -0.4 is 4.74 Å². The molecule has 0 aliphatic rings. The lowest BCUT2D eigenvalue weighted by atomic mass is 10.2. The second kappa shape index (κ2) is 7.13. The summed E-state index contributed by atoms with van der Waals surface area (Å²) < 4.78 is 10.1. The zero-order valence-corrected chi connectivity index (χ0v) is 10.5. The summed E-state index contributed by atoms with van der Waals surface area (Å²) in [5.41, 5.74) is 1.12. The van der Waals surface area contributed by atoms with Crippen LogP contribution >= 0.6 is 0 Å². The van der Waals surface area contributed by atoms with Gasteiger partial charge in [-0.2, -0.15) is 5.26 Å². The minimum absolute atomic E-state index is 0.271. The summed E-state index contributed by atoms with van der Waals surface area (Å²) in [5, 5.41) is 8.74. The van der Waals surface area contributed by atoms with E-state index >= 15 is 0 Å². The van der Waals surface area contributed by atoms with Crippen LogP contribution in [0.25, 0.3) is 0 Å². The number of benzene rings is 1. The molecule has 0 amide bonds. The zero-order chi connectivity index (χ0) is 13.4. The van der Waals surface area contributed by atoms with E-state index in [4.69, 9.17) is 10.00 Å². The first-order chi connectivity index (χ1) is 8.71. The average molecular weight is 245 g/mol. The number of esters is 1. The summed E-state index contributed by atoms with van der Waals surface area (Å²) in [6.07, 6.45) is 2.28. The number of nitrogens with zero attached hydrogens (tertiary/aromatic N) is 1. The zero-order valence-electron chi connectivity index (χ0n) is 10.5. The summed E-state index contributed by atoms with van der Waals surface area (Å²) in [6, 6.07) is 8.90. The first kappa shape index (κ1) is 13.8. The molecule has 0 saturated heterocycles. The Hall–Kier alpha value is -2.28. The van der Waals surface area contributed by atoms with Crippen LogP contribution in [-0.2, 0) is 9.53 Å². The van der Waals surface area contributed by atoms with Crippen LogP contribution in [-0.4, -0.2) is 19.7 Å². The van der Waals surface area contributed by atoms with Crippen molar-refractivity contribution in [3.05, 3.63) is 41.5 Å². The van der Waals surface area contributed by atoms with Gasteiger partial charge in [0.15, 0.2) is 0 Å². The fraction of sp³-hybridized carbons (Fsp3) is 0.286. The lowest BCUT2D eigenvalue weighted by Gasteiger charge is -2.05. The number of nitriles is 1. The first-order valence-electron chi connectivity index (χ1n) is 5.61. The van der Waals surface area contributed by atoms with Crippen molar-refractivity contribution in [1.82, 2.24) is 0 Å². The Kier molecular flexibility index (Phi) is 5.46. The van der Waals surface area contributed by atoms with Crippen molar-refractivity contribution in [3.63, 3.8) is 0 Å². The van der Waals surface area contributed by atoms with E-state index in [1.807, 2.05) is 13.0 Å². The maximum absolute atomic E-state index is 11.3. The summed E-state index contributed by atoms with van der Waals surface area (Å²) in [4.78, 5) is 11.3. The van der Waals surface area contributed by atoms with E-state index in [1.165, 1.54) is 7.11 Å². The molecule has 0 bridgehead atoms. The summed E-state index contributed by atoms with van der Waals surface area (Å²) in [5.74, 6) is 0.262. The molecular formula is C14H15NO3. The van der Waals surface area contributed by atoms with E-state index in [9.17, 15) is 4.79 Å². The Balaban J connectivity index is 2.62. The Morgan fingerprint density at radius 2 is 2.28 bits per heavy atom. The molecule has 0 aromatic heterocycles. The van der Waals surface area contributed by atoms with Gasteiger partial charge in [0.2, 0.25) is 0 Å². The largest absolute Gasteiger partial charge is 0.489 e. The van der Waals surface area contributed by atoms with Crippen LogP contribution in [0.3, 0.4) is 0 Å². The Labute approximate surface area is 106 Å². The second-order valence-electron chi connectivity index (χ2n) is 3.53. The molecule has 0 saturated carbocycles. The van der Waals surface area contributed by atoms with E-state index < -0.39 is 0 Å². The van der Waals surface area contributed by atoms with E-state index in [2.05, 4.69) is 4.74 Å². The van der Waals surface area contributed by atoms with Gasteiger partial charge in [0.1, 0.15) is 12.4 Å². The van der Waals surface area contributed by atoms with Crippen LogP contribution in [0.5, 0.6) is 5.75 Å². The number of ether oxygens (including phenoxy) is 2. The highest BCUT2D eigenvalue weighted by Crippen LogP contribution is 2.13. The standard InChI is InChI=1S/C14H15NO3/c1-3-12(14(16)17-2)7-8-18-13-6-4-5-11(9-13)10-15/h4-7,9H,3,8H2,1-2H3. The number of carbonyl (C=O) groups is 1. The van der Waals surface area contributed by atoms with Gasteiger partial charge in [0.05, 0.1) is 18.7 Å². The van der Waals surface area contributed by atoms with E-state index in [0.29, 0.717) is 23.3 Å². The van der Waals surface area contributed by atoms with Crippen LogP contribution in [0.1, 0.15) is 18.9 Å². The van der Waals surface area contributed by atoms with Gasteiger partial charge < -0.3 is 9.47 Å². The second-order valence-corrected chi connectivity index (χ2v) is 3.53. The van der Waals surface area contributed by atoms with Gasteiger partial charge >= 0.3 is 5.97 Å². The van der Waals surface area contributed by atoms with Gasteiger partial charge in [0.25, 0.3) is 0 Å². The maximum atomic E-state index is 11.3. The number of hydrogen-bond acceptors (Lipinski definition) is 4. The lowest BCUT2D eigenvalue weighted by molar-refractivity contribution is -0.136. The molecule has 0 N–H and O–H groups in total. The van der Waals surface area contributed by atoms with Crippen molar-refractivity contribution in [2.75, 3.05) is 13.7 Å². The third kappa shape index (κ3) is 3.95. The molecule has 4 heteroatoms. The molecule has 0 aliphatic carbocycles. The first-order valence-corrected chi connectivity index (χ1v) is 5.61. The fourth-order valence-corrected chi connectivity index (χ4v) is 1.40. The Morgan fingerprint density at radius 1 is 1.50 bits per heavy atom. The van der Waals surface area contributed by atoms with Crippen molar-refractivity contribution in [2.45, 2.75) is 13.3 Å². The normalized spacial score (nSPS) is 10.6. The fourth-order valence-electron chi connectivity index (χ4n) is 1.40. The molecule has 1 aromatic carbocycles. The van der Waals surface area contributed by atoms with Crippen LogP contribution in [0, 0.1) is 11.3 Å². The molecule has 0 fully saturated rings. The molecule has 0 aliphatic heterocycles. The van der Waals surface area contributed by atoms with Crippen LogP contribution in [0.15, 0.2) is 35.9 Å². The highest BCUT2D eigenvalue weighted by atomic mass is 16.5. The van der Waals surface area contributed by atoms with Gasteiger partial charge in [-0.15, -0.1) is 0 Å². The van der Waals surface area contributed by atoms with E-state index in [0.717, 1.165) is 0 Å². The van der Waals surface area contributed by atoms with Crippen molar-refractivity contribution >= 4 is 5.97 Å². The predicted molar refractivity (Wildman–Crippen MR) is 67.0 cm³/mol. The third-order valence-corrected chi connectivity index (χ3v) is 2.37. The minimum atomic E-state index is -0.341. The molecule has 0 spiro atoms. The summed E-state index contributed by atoms with van der Waals surface area (Å²) in [7, 11) is 1.35. The number of methoxy groups -OCH3 is 1. The highest BCUT2D eigenvalue weighted by molar-refractivity contribution is 5.88. The average Bonchev–Trinajstić information content (AvgIpc) is 2.43. The van der Waals surface area contributed by atoms with Crippen LogP contribution in [0.4, 0.5) is 0 Å². The highest BCUT2D eigenvalue weighted by Gasteiger charge is 2.06. The van der Waals surface area contributed by atoms with Crippen molar-refractivity contribution in [2.24, 2.45) is 0 Å². The van der Waals surface area contributed by atoms with E-state index in [1.54, 1.807) is 30.3 Å². The number of hydrogen-bond donors (Lipinski definition) is 0. The van der Waals surface area contributed by atoms with E-state index in [-0.39, 0.29) is 12.6 Å². The molecule has 94 valence electrons. The van der Waals surface area contributed by atoms with Crippen molar-refractivity contribution in [3.8, 4) is 11.8 Å². The SMILES string of the molecule is CCC(=CCOc1cccc(C#N)c1)C(=O)OC. The molecular weight excluding hydrogens is 230 g/mol. The molecule has 0 radical (unpaired) electrons.